The summed E-state index contributed by atoms with van der Waals surface area (Å²) in [6, 6.07) is 14.6. The van der Waals surface area contributed by atoms with Crippen LogP contribution in [0.2, 0.25) is 5.02 Å². The minimum atomic E-state index is -0.353. The number of carbonyl (C=O) groups is 1. The van der Waals surface area contributed by atoms with Crippen LogP contribution in [-0.2, 0) is 11.8 Å². The van der Waals surface area contributed by atoms with E-state index in [0.29, 0.717) is 21.7 Å². The third-order valence-corrected chi connectivity index (χ3v) is 5.33. The average Bonchev–Trinajstić information content (AvgIpc) is 3.03. The molecule has 0 aliphatic heterocycles. The lowest BCUT2D eigenvalue weighted by atomic mass is 10.2. The lowest BCUT2D eigenvalue weighted by molar-refractivity contribution is -0.115. The molecule has 1 heterocycles. The van der Waals surface area contributed by atoms with Crippen LogP contribution in [0.3, 0.4) is 0 Å². The van der Waals surface area contributed by atoms with Crippen molar-refractivity contribution in [3.05, 3.63) is 53.6 Å². The first kappa shape index (κ1) is 19.3. The summed E-state index contributed by atoms with van der Waals surface area (Å²) in [5.41, 5.74) is 1.55. The normalized spacial score (nSPS) is 11.9. The number of para-hydroxylation sites is 1. The van der Waals surface area contributed by atoms with Gasteiger partial charge >= 0.3 is 0 Å². The van der Waals surface area contributed by atoms with Gasteiger partial charge in [-0.05, 0) is 43.3 Å². The summed E-state index contributed by atoms with van der Waals surface area (Å²) in [6.45, 7) is 1.83. The average molecular weight is 403 g/mol. The Bertz CT molecular complexity index is 943. The van der Waals surface area contributed by atoms with Crippen LogP contribution in [0.25, 0.3) is 11.4 Å². The van der Waals surface area contributed by atoms with Crippen LogP contribution in [0, 0.1) is 0 Å². The van der Waals surface area contributed by atoms with Crippen molar-refractivity contribution < 1.29 is 9.53 Å². The minimum absolute atomic E-state index is 0.121. The second kappa shape index (κ2) is 8.45. The largest absolute Gasteiger partial charge is 0.496 e. The van der Waals surface area contributed by atoms with Crippen molar-refractivity contribution >= 4 is 35.0 Å². The van der Waals surface area contributed by atoms with Crippen LogP contribution in [0.1, 0.15) is 6.92 Å². The van der Waals surface area contributed by atoms with Gasteiger partial charge in [-0.25, -0.2) is 0 Å². The van der Waals surface area contributed by atoms with Crippen molar-refractivity contribution in [3.63, 3.8) is 0 Å². The van der Waals surface area contributed by atoms with Crippen molar-refractivity contribution in [2.24, 2.45) is 7.05 Å². The predicted octanol–water partition coefficient (Wildman–Crippen LogP) is 4.26. The molecule has 0 spiro atoms. The molecule has 3 aromatic rings. The highest BCUT2D eigenvalue weighted by Crippen LogP contribution is 2.31. The number of nitrogens with zero attached hydrogens (tertiary/aromatic N) is 3. The van der Waals surface area contributed by atoms with Gasteiger partial charge in [-0.1, -0.05) is 35.5 Å². The zero-order valence-electron chi connectivity index (χ0n) is 15.1. The Hall–Kier alpha value is -2.51. The number of amides is 1. The van der Waals surface area contributed by atoms with E-state index < -0.39 is 0 Å². The van der Waals surface area contributed by atoms with Crippen molar-refractivity contribution in [1.29, 1.82) is 0 Å². The Kier molecular flexibility index (Phi) is 6.03. The van der Waals surface area contributed by atoms with E-state index in [1.54, 1.807) is 31.4 Å². The third kappa shape index (κ3) is 4.43. The molecule has 0 aliphatic rings. The van der Waals surface area contributed by atoms with Crippen LogP contribution in [-0.4, -0.2) is 33.0 Å². The lowest BCUT2D eigenvalue weighted by Gasteiger charge is -2.12. The Morgan fingerprint density at radius 2 is 1.89 bits per heavy atom. The van der Waals surface area contributed by atoms with E-state index in [2.05, 4.69) is 15.5 Å². The number of thioether (sulfide) groups is 1. The summed E-state index contributed by atoms with van der Waals surface area (Å²) < 4.78 is 7.25. The van der Waals surface area contributed by atoms with Gasteiger partial charge in [-0.2, -0.15) is 0 Å². The van der Waals surface area contributed by atoms with Crippen molar-refractivity contribution in [2.45, 2.75) is 17.3 Å². The molecule has 1 amide bonds. The van der Waals surface area contributed by atoms with E-state index in [1.165, 1.54) is 11.8 Å². The van der Waals surface area contributed by atoms with Gasteiger partial charge in [0.05, 0.1) is 17.9 Å². The van der Waals surface area contributed by atoms with Crippen molar-refractivity contribution in [1.82, 2.24) is 14.8 Å². The minimum Gasteiger partial charge on any atom is -0.496 e. The number of aromatic nitrogens is 3. The van der Waals surface area contributed by atoms with Gasteiger partial charge in [0.2, 0.25) is 5.91 Å². The molecular formula is C19H19ClN4O2S. The monoisotopic (exact) mass is 402 g/mol. The summed E-state index contributed by atoms with van der Waals surface area (Å²) in [5.74, 6) is 1.28. The zero-order valence-corrected chi connectivity index (χ0v) is 16.7. The predicted molar refractivity (Wildman–Crippen MR) is 108 cm³/mol. The number of carbonyl (C=O) groups excluding carboxylic acids is 1. The standard InChI is InChI=1S/C19H19ClN4O2S/c1-12(18(25)21-14-10-8-13(20)9-11-14)27-19-23-22-17(24(19)2)15-6-4-5-7-16(15)26-3/h4-12H,1-3H3,(H,21,25). The molecule has 140 valence electrons. The number of halogens is 1. The zero-order chi connectivity index (χ0) is 19.4. The number of anilines is 1. The first-order valence-corrected chi connectivity index (χ1v) is 9.51. The molecule has 8 heteroatoms. The van der Waals surface area contributed by atoms with Crippen molar-refractivity contribution in [2.75, 3.05) is 12.4 Å². The molecule has 27 heavy (non-hydrogen) atoms. The molecule has 1 N–H and O–H groups in total. The lowest BCUT2D eigenvalue weighted by Crippen LogP contribution is -2.22. The number of hydrogen-bond donors (Lipinski definition) is 1. The molecule has 0 radical (unpaired) electrons. The molecule has 1 unspecified atom stereocenters. The van der Waals surface area contributed by atoms with Gasteiger partial charge in [0, 0.05) is 17.8 Å². The maximum Gasteiger partial charge on any atom is 0.237 e. The molecule has 0 saturated carbocycles. The molecule has 0 saturated heterocycles. The fourth-order valence-electron chi connectivity index (χ4n) is 2.47. The van der Waals surface area contributed by atoms with Gasteiger partial charge in [-0.3, -0.25) is 4.79 Å². The Labute approximate surface area is 166 Å². The van der Waals surface area contributed by atoms with E-state index in [0.717, 1.165) is 11.3 Å². The van der Waals surface area contributed by atoms with Crippen molar-refractivity contribution in [3.8, 4) is 17.1 Å². The molecule has 2 aromatic carbocycles. The van der Waals surface area contributed by atoms with E-state index in [-0.39, 0.29) is 11.2 Å². The second-order valence-corrected chi connectivity index (χ2v) is 7.57. The van der Waals surface area contributed by atoms with Gasteiger partial charge in [0.25, 0.3) is 0 Å². The number of rotatable bonds is 6. The maximum atomic E-state index is 12.4. The summed E-state index contributed by atoms with van der Waals surface area (Å²) in [5, 5.41) is 12.3. The van der Waals surface area contributed by atoms with Gasteiger partial charge in [0.1, 0.15) is 5.75 Å². The Morgan fingerprint density at radius 3 is 2.59 bits per heavy atom. The van der Waals surface area contributed by atoms with Crippen LogP contribution < -0.4 is 10.1 Å². The van der Waals surface area contributed by atoms with Crippen LogP contribution in [0.5, 0.6) is 5.75 Å². The highest BCUT2D eigenvalue weighted by Gasteiger charge is 2.20. The fourth-order valence-corrected chi connectivity index (χ4v) is 3.41. The molecule has 0 aliphatic carbocycles. The fraction of sp³-hybridized carbons (Fsp3) is 0.211. The first-order chi connectivity index (χ1) is 13.0. The quantitative estimate of drug-likeness (QED) is 0.624. The van der Waals surface area contributed by atoms with E-state index in [4.69, 9.17) is 16.3 Å². The number of benzene rings is 2. The maximum absolute atomic E-state index is 12.4. The molecule has 1 atom stereocenters. The molecule has 6 nitrogen and oxygen atoms in total. The van der Waals surface area contributed by atoms with Gasteiger partial charge < -0.3 is 14.6 Å². The summed E-state index contributed by atoms with van der Waals surface area (Å²) in [6.07, 6.45) is 0. The highest BCUT2D eigenvalue weighted by molar-refractivity contribution is 8.00. The molecule has 3 rings (SSSR count). The van der Waals surface area contributed by atoms with E-state index in [1.807, 2.05) is 42.8 Å². The molecule has 1 aromatic heterocycles. The van der Waals surface area contributed by atoms with Gasteiger partial charge in [-0.15, -0.1) is 10.2 Å². The highest BCUT2D eigenvalue weighted by atomic mass is 35.5. The third-order valence-electron chi connectivity index (χ3n) is 3.95. The second-order valence-electron chi connectivity index (χ2n) is 5.82. The van der Waals surface area contributed by atoms with Crippen LogP contribution in [0.15, 0.2) is 53.7 Å². The number of ether oxygens (including phenoxy) is 1. The summed E-state index contributed by atoms with van der Waals surface area (Å²) in [7, 11) is 3.49. The number of hydrogen-bond acceptors (Lipinski definition) is 5. The van der Waals surface area contributed by atoms with E-state index >= 15 is 0 Å². The Balaban J connectivity index is 1.73. The molecule has 0 bridgehead atoms. The smallest absolute Gasteiger partial charge is 0.237 e. The summed E-state index contributed by atoms with van der Waals surface area (Å²) in [4.78, 5) is 12.4. The number of methoxy groups -OCH3 is 1. The van der Waals surface area contributed by atoms with Crippen LogP contribution in [0.4, 0.5) is 5.69 Å². The number of nitrogens with one attached hydrogen (secondary N) is 1. The topological polar surface area (TPSA) is 69.0 Å². The van der Waals surface area contributed by atoms with Crippen LogP contribution >= 0.6 is 23.4 Å². The van der Waals surface area contributed by atoms with E-state index in [9.17, 15) is 4.79 Å². The molecular weight excluding hydrogens is 384 g/mol. The SMILES string of the molecule is COc1ccccc1-c1nnc(SC(C)C(=O)Nc2ccc(Cl)cc2)n1C. The molecule has 0 fully saturated rings. The Morgan fingerprint density at radius 1 is 1.19 bits per heavy atom. The van der Waals surface area contributed by atoms with Gasteiger partial charge in [0.15, 0.2) is 11.0 Å². The first-order valence-electron chi connectivity index (χ1n) is 8.25. The summed E-state index contributed by atoms with van der Waals surface area (Å²) >= 11 is 7.21.